The minimum atomic E-state index is -1.15. The minimum Gasteiger partial charge on any atom is -0.427 e. The molecule has 0 bridgehead atoms. The van der Waals surface area contributed by atoms with Gasteiger partial charge in [-0.3, -0.25) is 0 Å². The Labute approximate surface area is 80.2 Å². The highest BCUT2D eigenvalue weighted by Gasteiger charge is 2.36. The SMILES string of the molecule is CCC1CC(OC)CCC1B(O)O. The van der Waals surface area contributed by atoms with Crippen LogP contribution in [-0.2, 0) is 4.74 Å². The van der Waals surface area contributed by atoms with Crippen molar-refractivity contribution in [1.82, 2.24) is 0 Å². The van der Waals surface area contributed by atoms with Gasteiger partial charge in [0.05, 0.1) is 6.10 Å². The lowest BCUT2D eigenvalue weighted by Gasteiger charge is -2.34. The standard InChI is InChI=1S/C9H19BO3/c1-3-7-6-8(13-2)4-5-9(7)10(11)12/h7-9,11-12H,3-6H2,1-2H3. The van der Waals surface area contributed by atoms with Gasteiger partial charge in [0.25, 0.3) is 0 Å². The average Bonchev–Trinajstić information content (AvgIpc) is 2.16. The van der Waals surface area contributed by atoms with E-state index in [0.29, 0.717) is 12.0 Å². The van der Waals surface area contributed by atoms with Gasteiger partial charge in [-0.15, -0.1) is 0 Å². The van der Waals surface area contributed by atoms with Gasteiger partial charge in [0.15, 0.2) is 0 Å². The maximum Gasteiger partial charge on any atom is 0.455 e. The second-order valence-corrected chi connectivity index (χ2v) is 3.92. The third kappa shape index (κ3) is 2.69. The van der Waals surface area contributed by atoms with E-state index in [1.807, 2.05) is 0 Å². The molecule has 0 aromatic heterocycles. The molecule has 1 rings (SSSR count). The third-order valence-corrected chi connectivity index (χ3v) is 3.23. The van der Waals surface area contributed by atoms with Crippen LogP contribution in [0.5, 0.6) is 0 Å². The zero-order valence-electron chi connectivity index (χ0n) is 8.44. The molecule has 3 nitrogen and oxygen atoms in total. The first-order valence-electron chi connectivity index (χ1n) is 5.08. The van der Waals surface area contributed by atoms with E-state index in [-0.39, 0.29) is 5.82 Å². The molecule has 0 saturated heterocycles. The third-order valence-electron chi connectivity index (χ3n) is 3.23. The van der Waals surface area contributed by atoms with Crippen LogP contribution in [0.2, 0.25) is 5.82 Å². The quantitative estimate of drug-likeness (QED) is 0.647. The van der Waals surface area contributed by atoms with E-state index in [2.05, 4.69) is 6.92 Å². The topological polar surface area (TPSA) is 49.7 Å². The first kappa shape index (κ1) is 11.0. The molecule has 0 aromatic rings. The van der Waals surface area contributed by atoms with Crippen LogP contribution in [-0.4, -0.2) is 30.4 Å². The van der Waals surface area contributed by atoms with Gasteiger partial charge in [-0.05, 0) is 31.0 Å². The van der Waals surface area contributed by atoms with E-state index in [1.54, 1.807) is 7.11 Å². The first-order chi connectivity index (χ1) is 6.19. The van der Waals surface area contributed by atoms with Gasteiger partial charge in [0.2, 0.25) is 0 Å². The van der Waals surface area contributed by atoms with Crippen molar-refractivity contribution in [3.8, 4) is 0 Å². The molecule has 0 aromatic carbocycles. The summed E-state index contributed by atoms with van der Waals surface area (Å²) in [6.07, 6.45) is 4.11. The van der Waals surface area contributed by atoms with E-state index < -0.39 is 7.12 Å². The smallest absolute Gasteiger partial charge is 0.427 e. The molecule has 76 valence electrons. The zero-order chi connectivity index (χ0) is 9.84. The van der Waals surface area contributed by atoms with Crippen LogP contribution >= 0.6 is 0 Å². The highest BCUT2D eigenvalue weighted by molar-refractivity contribution is 6.43. The fourth-order valence-electron chi connectivity index (χ4n) is 2.32. The highest BCUT2D eigenvalue weighted by atomic mass is 16.5. The van der Waals surface area contributed by atoms with Crippen LogP contribution in [0.1, 0.15) is 32.6 Å². The van der Waals surface area contributed by atoms with Crippen molar-refractivity contribution >= 4 is 7.12 Å². The highest BCUT2D eigenvalue weighted by Crippen LogP contribution is 2.38. The summed E-state index contributed by atoms with van der Waals surface area (Å²) in [6.45, 7) is 2.10. The second-order valence-electron chi connectivity index (χ2n) is 3.92. The summed E-state index contributed by atoms with van der Waals surface area (Å²) in [4.78, 5) is 0. The van der Waals surface area contributed by atoms with Crippen LogP contribution in [0.3, 0.4) is 0 Å². The summed E-state index contributed by atoms with van der Waals surface area (Å²) in [5.41, 5.74) is 0. The molecule has 1 aliphatic carbocycles. The number of methoxy groups -OCH3 is 1. The van der Waals surface area contributed by atoms with Crippen molar-refractivity contribution in [2.45, 2.75) is 44.5 Å². The molecule has 1 fully saturated rings. The Morgan fingerprint density at radius 1 is 1.38 bits per heavy atom. The predicted molar refractivity (Wildman–Crippen MR) is 52.4 cm³/mol. The van der Waals surface area contributed by atoms with E-state index in [9.17, 15) is 0 Å². The number of hydrogen-bond donors (Lipinski definition) is 2. The van der Waals surface area contributed by atoms with Crippen molar-refractivity contribution < 1.29 is 14.8 Å². The molecule has 0 amide bonds. The maximum absolute atomic E-state index is 9.15. The molecule has 0 radical (unpaired) electrons. The van der Waals surface area contributed by atoms with Crippen molar-refractivity contribution in [1.29, 1.82) is 0 Å². The summed E-state index contributed by atoms with van der Waals surface area (Å²) in [7, 11) is 0.579. The van der Waals surface area contributed by atoms with Crippen LogP contribution in [0, 0.1) is 5.92 Å². The van der Waals surface area contributed by atoms with Gasteiger partial charge >= 0.3 is 7.12 Å². The summed E-state index contributed by atoms with van der Waals surface area (Å²) in [5.74, 6) is 0.454. The van der Waals surface area contributed by atoms with Crippen LogP contribution in [0.4, 0.5) is 0 Å². The molecule has 3 atom stereocenters. The fraction of sp³-hybridized carbons (Fsp3) is 1.00. The monoisotopic (exact) mass is 186 g/mol. The van der Waals surface area contributed by atoms with Crippen LogP contribution < -0.4 is 0 Å². The van der Waals surface area contributed by atoms with Gasteiger partial charge in [0.1, 0.15) is 0 Å². The summed E-state index contributed by atoms with van der Waals surface area (Å²) < 4.78 is 5.29. The maximum atomic E-state index is 9.15. The Morgan fingerprint density at radius 3 is 2.54 bits per heavy atom. The van der Waals surface area contributed by atoms with E-state index >= 15 is 0 Å². The Hall–Kier alpha value is -0.0551. The number of hydrogen-bond acceptors (Lipinski definition) is 3. The van der Waals surface area contributed by atoms with Crippen LogP contribution in [0.15, 0.2) is 0 Å². The minimum absolute atomic E-state index is 0.0522. The van der Waals surface area contributed by atoms with Crippen LogP contribution in [0.25, 0.3) is 0 Å². The lowest BCUT2D eigenvalue weighted by atomic mass is 9.58. The lowest BCUT2D eigenvalue weighted by molar-refractivity contribution is 0.0463. The van der Waals surface area contributed by atoms with Crippen molar-refractivity contribution in [2.75, 3.05) is 7.11 Å². The molecular formula is C9H19BO3. The van der Waals surface area contributed by atoms with Gasteiger partial charge in [-0.1, -0.05) is 13.3 Å². The molecule has 0 aliphatic heterocycles. The lowest BCUT2D eigenvalue weighted by Crippen LogP contribution is -2.34. The number of ether oxygens (including phenoxy) is 1. The van der Waals surface area contributed by atoms with E-state index in [4.69, 9.17) is 14.8 Å². The molecule has 0 heterocycles. The summed E-state index contributed by atoms with van der Waals surface area (Å²) >= 11 is 0. The number of rotatable bonds is 3. The van der Waals surface area contributed by atoms with Gasteiger partial charge < -0.3 is 14.8 Å². The largest absolute Gasteiger partial charge is 0.455 e. The van der Waals surface area contributed by atoms with E-state index in [1.165, 1.54) is 0 Å². The van der Waals surface area contributed by atoms with Gasteiger partial charge in [-0.25, -0.2) is 0 Å². The zero-order valence-corrected chi connectivity index (χ0v) is 8.44. The Balaban J connectivity index is 2.50. The average molecular weight is 186 g/mol. The fourth-order valence-corrected chi connectivity index (χ4v) is 2.32. The predicted octanol–water partition coefficient (Wildman–Crippen LogP) is 1.05. The Bertz CT molecular complexity index is 152. The Kier molecular flexibility index (Phi) is 4.23. The first-order valence-corrected chi connectivity index (χ1v) is 5.08. The van der Waals surface area contributed by atoms with E-state index in [0.717, 1.165) is 25.7 Å². The molecule has 2 N–H and O–H groups in total. The summed E-state index contributed by atoms with van der Waals surface area (Å²) in [6, 6.07) is 0. The summed E-state index contributed by atoms with van der Waals surface area (Å²) in [5, 5.41) is 18.3. The normalized spacial score (nSPS) is 34.6. The molecule has 1 saturated carbocycles. The molecule has 3 unspecified atom stereocenters. The molecule has 1 aliphatic rings. The van der Waals surface area contributed by atoms with Gasteiger partial charge in [-0.2, -0.15) is 0 Å². The molecule has 0 spiro atoms. The Morgan fingerprint density at radius 2 is 2.08 bits per heavy atom. The second kappa shape index (κ2) is 4.98. The van der Waals surface area contributed by atoms with Crippen molar-refractivity contribution in [3.05, 3.63) is 0 Å². The molecule has 13 heavy (non-hydrogen) atoms. The molecule has 4 heteroatoms. The molecular weight excluding hydrogens is 167 g/mol. The van der Waals surface area contributed by atoms with Crippen molar-refractivity contribution in [3.63, 3.8) is 0 Å². The van der Waals surface area contributed by atoms with Gasteiger partial charge in [0, 0.05) is 7.11 Å². The van der Waals surface area contributed by atoms with Crippen molar-refractivity contribution in [2.24, 2.45) is 5.92 Å².